The number of hydrogen-bond acceptors (Lipinski definition) is 2. The van der Waals surface area contributed by atoms with Gasteiger partial charge in [-0.05, 0) is 18.2 Å². The Kier molecular flexibility index (Phi) is 6.62. The van der Waals surface area contributed by atoms with E-state index in [1.54, 1.807) is 0 Å². The van der Waals surface area contributed by atoms with Gasteiger partial charge in [-0.15, -0.1) is 24.8 Å². The lowest BCUT2D eigenvalue weighted by atomic mass is 10.2. The maximum absolute atomic E-state index is 13.4. The summed E-state index contributed by atoms with van der Waals surface area (Å²) in [6, 6.07) is 3.88. The van der Waals surface area contributed by atoms with Gasteiger partial charge in [-0.25, -0.2) is 4.39 Å². The molecule has 2 nitrogen and oxygen atoms in total. The lowest BCUT2D eigenvalue weighted by Crippen LogP contribution is -2.18. The zero-order valence-corrected chi connectivity index (χ0v) is 11.0. The van der Waals surface area contributed by atoms with Crippen LogP contribution in [0.3, 0.4) is 0 Å². The van der Waals surface area contributed by atoms with Crippen molar-refractivity contribution < 1.29 is 27.0 Å². The highest BCUT2D eigenvalue weighted by molar-refractivity contribution is 6.18. The van der Waals surface area contributed by atoms with Crippen molar-refractivity contribution in [2.24, 2.45) is 0 Å². The van der Waals surface area contributed by atoms with Gasteiger partial charge in [0.2, 0.25) is 0 Å². The van der Waals surface area contributed by atoms with E-state index in [0.29, 0.717) is 17.9 Å². The third-order valence-corrected chi connectivity index (χ3v) is 2.18. The molecule has 0 aliphatic heterocycles. The molecule has 1 aromatic carbocycles. The van der Waals surface area contributed by atoms with Gasteiger partial charge in [-0.3, -0.25) is 4.74 Å². The molecule has 0 atom stereocenters. The molecular weight excluding hydrogens is 300 g/mol. The van der Waals surface area contributed by atoms with E-state index in [1.807, 2.05) is 0 Å². The minimum atomic E-state index is -4.73. The molecule has 0 radical (unpaired) electrons. The first-order chi connectivity index (χ1) is 9.42. The summed E-state index contributed by atoms with van der Waals surface area (Å²) in [6.45, 7) is -1.14. The van der Waals surface area contributed by atoms with Gasteiger partial charge in [-0.2, -0.15) is 0 Å². The fraction of sp³-hybridized carbons (Fsp3) is 0.385. The molecule has 0 amide bonds. The lowest BCUT2D eigenvalue weighted by molar-refractivity contribution is -0.325. The molecule has 0 aromatic heterocycles. The molecule has 20 heavy (non-hydrogen) atoms. The number of hydrogen-bond donors (Lipinski definition) is 0. The zero-order chi connectivity index (χ0) is 15.0. The Morgan fingerprint density at radius 2 is 1.95 bits per heavy atom. The van der Waals surface area contributed by atoms with Crippen LogP contribution in [0.1, 0.15) is 12.0 Å². The van der Waals surface area contributed by atoms with Crippen LogP contribution in [0, 0.1) is 17.7 Å². The zero-order valence-electron chi connectivity index (χ0n) is 10.3. The van der Waals surface area contributed by atoms with E-state index in [2.05, 4.69) is 16.6 Å². The number of benzene rings is 1. The maximum atomic E-state index is 13.4. The van der Waals surface area contributed by atoms with Gasteiger partial charge in [0.1, 0.15) is 6.61 Å². The third kappa shape index (κ3) is 6.64. The highest BCUT2D eigenvalue weighted by Crippen LogP contribution is 2.19. The Morgan fingerprint density at radius 3 is 2.60 bits per heavy atom. The van der Waals surface area contributed by atoms with Crippen LogP contribution in [0.4, 0.5) is 17.6 Å². The molecular formula is C13H11ClF4O2. The van der Waals surface area contributed by atoms with Crippen molar-refractivity contribution in [2.45, 2.75) is 12.8 Å². The van der Waals surface area contributed by atoms with Crippen molar-refractivity contribution in [1.29, 1.82) is 0 Å². The van der Waals surface area contributed by atoms with Crippen molar-refractivity contribution in [1.82, 2.24) is 0 Å². The van der Waals surface area contributed by atoms with Gasteiger partial charge >= 0.3 is 6.36 Å². The maximum Gasteiger partial charge on any atom is 0.522 e. The molecule has 0 aliphatic rings. The van der Waals surface area contributed by atoms with Crippen LogP contribution in [-0.2, 0) is 4.74 Å². The first-order valence-corrected chi connectivity index (χ1v) is 6.13. The molecule has 1 rings (SSSR count). The summed E-state index contributed by atoms with van der Waals surface area (Å²) < 4.78 is 56.9. The van der Waals surface area contributed by atoms with E-state index in [-0.39, 0.29) is 5.75 Å². The average Bonchev–Trinajstić information content (AvgIpc) is 2.37. The van der Waals surface area contributed by atoms with Crippen LogP contribution in [-0.4, -0.2) is 25.5 Å². The Bertz CT molecular complexity index is 491. The molecule has 0 saturated carbocycles. The van der Waals surface area contributed by atoms with Crippen molar-refractivity contribution in [2.75, 3.05) is 19.1 Å². The average molecular weight is 311 g/mol. The van der Waals surface area contributed by atoms with Crippen molar-refractivity contribution in [3.05, 3.63) is 29.6 Å². The van der Waals surface area contributed by atoms with Gasteiger partial charge in [0.25, 0.3) is 0 Å². The molecule has 0 fully saturated rings. The van der Waals surface area contributed by atoms with Crippen LogP contribution in [0.25, 0.3) is 0 Å². The first-order valence-electron chi connectivity index (χ1n) is 5.60. The van der Waals surface area contributed by atoms with Gasteiger partial charge in [0.05, 0.1) is 6.61 Å². The predicted molar refractivity (Wildman–Crippen MR) is 66.1 cm³/mol. The van der Waals surface area contributed by atoms with Crippen molar-refractivity contribution in [3.8, 4) is 17.6 Å². The summed E-state index contributed by atoms with van der Waals surface area (Å²) in [5.74, 6) is 5.02. The molecule has 0 N–H and O–H groups in total. The summed E-state index contributed by atoms with van der Waals surface area (Å²) in [7, 11) is 0. The van der Waals surface area contributed by atoms with E-state index >= 15 is 0 Å². The number of rotatable bonds is 5. The molecule has 1 aromatic rings. The van der Waals surface area contributed by atoms with E-state index in [0.717, 1.165) is 6.07 Å². The van der Waals surface area contributed by atoms with Gasteiger partial charge in [0, 0.05) is 17.9 Å². The molecule has 7 heteroatoms. The smallest absolute Gasteiger partial charge is 0.488 e. The van der Waals surface area contributed by atoms with Crippen LogP contribution in [0.5, 0.6) is 5.75 Å². The van der Waals surface area contributed by atoms with Crippen LogP contribution in [0.2, 0.25) is 0 Å². The second-order valence-corrected chi connectivity index (χ2v) is 3.91. The Morgan fingerprint density at radius 1 is 1.20 bits per heavy atom. The van der Waals surface area contributed by atoms with Crippen LogP contribution >= 0.6 is 11.6 Å². The summed E-state index contributed by atoms with van der Waals surface area (Å²) in [6.07, 6.45) is -4.24. The first kappa shape index (κ1) is 16.6. The molecule has 110 valence electrons. The SMILES string of the molecule is Fc1ccc(C#CCCCl)cc1OCCOC(F)(F)F. The monoisotopic (exact) mass is 310 g/mol. The Balaban J connectivity index is 2.57. The second-order valence-electron chi connectivity index (χ2n) is 3.53. The topological polar surface area (TPSA) is 18.5 Å². The van der Waals surface area contributed by atoms with Crippen LogP contribution < -0.4 is 4.74 Å². The highest BCUT2D eigenvalue weighted by Gasteiger charge is 2.28. The Labute approximate surface area is 118 Å². The van der Waals surface area contributed by atoms with E-state index in [4.69, 9.17) is 16.3 Å². The van der Waals surface area contributed by atoms with Crippen molar-refractivity contribution >= 4 is 11.6 Å². The van der Waals surface area contributed by atoms with Crippen molar-refractivity contribution in [3.63, 3.8) is 0 Å². The third-order valence-electron chi connectivity index (χ3n) is 1.99. The lowest BCUT2D eigenvalue weighted by Gasteiger charge is -2.09. The fourth-order valence-electron chi connectivity index (χ4n) is 1.21. The normalized spacial score (nSPS) is 10.8. The largest absolute Gasteiger partial charge is 0.522 e. The summed E-state index contributed by atoms with van der Waals surface area (Å²) in [5.41, 5.74) is 0.489. The van der Waals surface area contributed by atoms with E-state index in [1.165, 1.54) is 12.1 Å². The molecule has 0 unspecified atom stereocenters. The number of halogens is 5. The van der Waals surface area contributed by atoms with E-state index < -0.39 is 25.4 Å². The van der Waals surface area contributed by atoms with Gasteiger partial charge in [-0.1, -0.05) is 11.8 Å². The van der Waals surface area contributed by atoms with Gasteiger partial charge in [0.15, 0.2) is 11.6 Å². The van der Waals surface area contributed by atoms with Crippen LogP contribution in [0.15, 0.2) is 18.2 Å². The highest BCUT2D eigenvalue weighted by atomic mass is 35.5. The molecule has 0 aliphatic carbocycles. The summed E-state index contributed by atoms with van der Waals surface area (Å²) in [5, 5.41) is 0. The number of ether oxygens (including phenoxy) is 2. The minimum absolute atomic E-state index is 0.173. The predicted octanol–water partition coefficient (Wildman–Crippen LogP) is 3.72. The fourth-order valence-corrected chi connectivity index (χ4v) is 1.31. The molecule has 0 spiro atoms. The quantitative estimate of drug-likeness (QED) is 0.357. The molecule has 0 saturated heterocycles. The Hall–Kier alpha value is -1.45. The number of alkyl halides is 4. The molecule has 0 heterocycles. The summed E-state index contributed by atoms with van der Waals surface area (Å²) >= 11 is 5.45. The molecule has 0 bridgehead atoms. The standard InChI is InChI=1S/C13H11ClF4O2/c14-6-2-1-3-10-4-5-11(15)12(9-10)19-7-8-20-13(16,17)18/h4-5,9H,2,6-8H2. The second kappa shape index (κ2) is 7.98. The minimum Gasteiger partial charge on any atom is -0.488 e. The summed E-state index contributed by atoms with van der Waals surface area (Å²) in [4.78, 5) is 0. The van der Waals surface area contributed by atoms with Gasteiger partial charge < -0.3 is 4.74 Å². The van der Waals surface area contributed by atoms with E-state index in [9.17, 15) is 17.6 Å².